The molecule has 1 aliphatic carbocycles. The number of hydrogen-bond donors (Lipinski definition) is 2. The summed E-state index contributed by atoms with van der Waals surface area (Å²) < 4.78 is 75.4. The number of nitrogens with one attached hydrogen (secondary N) is 1. The zero-order valence-corrected chi connectivity index (χ0v) is 18.9. The SMILES string of the molecule is C[C@H](Oc1cc(-c2cc(CO)n(C3CC3)n2)c(F)cc1C(=O)Nc1c(F)cccc1Cl)C(F)(F)F. The Kier molecular flexibility index (Phi) is 6.74. The third kappa shape index (κ3) is 5.25. The van der Waals surface area contributed by atoms with Crippen LogP contribution in [0.3, 0.4) is 0 Å². The lowest BCUT2D eigenvalue weighted by molar-refractivity contribution is -0.189. The standard InChI is InChI=1S/C23H19ClF5N3O3/c1-11(23(27,28)29)35-20-9-14(19-7-13(10-33)32(31-19)12-5-6-12)18(26)8-15(20)22(34)30-21-16(24)3-2-4-17(21)25/h2-4,7-9,11-12,33H,5-6,10H2,1H3,(H,30,34)/t11-/m0/s1. The van der Waals surface area contributed by atoms with Gasteiger partial charge in [0, 0.05) is 5.56 Å². The van der Waals surface area contributed by atoms with Crippen LogP contribution in [0.25, 0.3) is 11.3 Å². The number of aliphatic hydroxyl groups is 1. The first-order chi connectivity index (χ1) is 16.5. The Bertz CT molecular complexity index is 1250. The number of anilines is 1. The van der Waals surface area contributed by atoms with Gasteiger partial charge in [-0.05, 0) is 50.1 Å². The summed E-state index contributed by atoms with van der Waals surface area (Å²) in [5, 5.41) is 15.9. The molecule has 1 saturated carbocycles. The molecule has 0 unspecified atom stereocenters. The number of ether oxygens (including phenoxy) is 1. The van der Waals surface area contributed by atoms with Gasteiger partial charge in [0.15, 0.2) is 6.10 Å². The fourth-order valence-corrected chi connectivity index (χ4v) is 3.61. The highest BCUT2D eigenvalue weighted by molar-refractivity contribution is 6.34. The molecule has 3 aromatic rings. The fourth-order valence-electron chi connectivity index (χ4n) is 3.40. The third-order valence-electron chi connectivity index (χ3n) is 5.42. The first kappa shape index (κ1) is 24.9. The van der Waals surface area contributed by atoms with Gasteiger partial charge < -0.3 is 15.2 Å². The van der Waals surface area contributed by atoms with Crippen molar-refractivity contribution in [3.05, 3.63) is 64.3 Å². The number of halogens is 6. The third-order valence-corrected chi connectivity index (χ3v) is 5.74. The molecule has 0 saturated heterocycles. The van der Waals surface area contributed by atoms with Crippen LogP contribution in [0.4, 0.5) is 27.6 Å². The second-order valence-electron chi connectivity index (χ2n) is 8.04. The number of alkyl halides is 3. The van der Waals surface area contributed by atoms with E-state index in [0.29, 0.717) is 11.8 Å². The summed E-state index contributed by atoms with van der Waals surface area (Å²) in [5.41, 5.74) is -0.806. The summed E-state index contributed by atoms with van der Waals surface area (Å²) in [6.45, 7) is 0.355. The largest absolute Gasteiger partial charge is 0.480 e. The Morgan fingerprint density at radius 3 is 2.57 bits per heavy atom. The van der Waals surface area contributed by atoms with E-state index in [-0.39, 0.29) is 28.9 Å². The highest BCUT2D eigenvalue weighted by atomic mass is 35.5. The Balaban J connectivity index is 1.77. The molecule has 0 aliphatic heterocycles. The van der Waals surface area contributed by atoms with E-state index >= 15 is 4.39 Å². The number of aromatic nitrogens is 2. The molecule has 1 atom stereocenters. The van der Waals surface area contributed by atoms with Crippen LogP contribution in [0.2, 0.25) is 5.02 Å². The Labute approximate surface area is 201 Å². The molecule has 186 valence electrons. The van der Waals surface area contributed by atoms with E-state index in [1.54, 1.807) is 0 Å². The number of rotatable bonds is 7. The van der Waals surface area contributed by atoms with Gasteiger partial charge in [0.1, 0.15) is 17.4 Å². The number of carbonyl (C=O) groups excluding carboxylic acids is 1. The van der Waals surface area contributed by atoms with Gasteiger partial charge in [0.05, 0.1) is 40.3 Å². The molecule has 4 rings (SSSR count). The van der Waals surface area contributed by atoms with Gasteiger partial charge in [0.25, 0.3) is 5.91 Å². The van der Waals surface area contributed by atoms with E-state index in [9.17, 15) is 27.5 Å². The second kappa shape index (κ2) is 9.46. The smallest absolute Gasteiger partial charge is 0.425 e. The van der Waals surface area contributed by atoms with E-state index in [1.807, 2.05) is 0 Å². The monoisotopic (exact) mass is 515 g/mol. The predicted molar refractivity (Wildman–Crippen MR) is 117 cm³/mol. The van der Waals surface area contributed by atoms with E-state index < -0.39 is 46.8 Å². The average molecular weight is 516 g/mol. The van der Waals surface area contributed by atoms with Crippen molar-refractivity contribution in [2.75, 3.05) is 5.32 Å². The predicted octanol–water partition coefficient (Wildman–Crippen LogP) is 5.89. The molecule has 12 heteroatoms. The van der Waals surface area contributed by atoms with Crippen molar-refractivity contribution in [3.63, 3.8) is 0 Å². The first-order valence-electron chi connectivity index (χ1n) is 10.5. The average Bonchev–Trinajstić information content (AvgIpc) is 3.55. The van der Waals surface area contributed by atoms with Gasteiger partial charge in [0.2, 0.25) is 0 Å². The summed E-state index contributed by atoms with van der Waals surface area (Å²) in [4.78, 5) is 12.9. The highest BCUT2D eigenvalue weighted by Gasteiger charge is 2.39. The number of aliphatic hydroxyl groups excluding tert-OH is 1. The van der Waals surface area contributed by atoms with Crippen molar-refractivity contribution < 1.29 is 36.6 Å². The lowest BCUT2D eigenvalue weighted by Gasteiger charge is -2.20. The van der Waals surface area contributed by atoms with Crippen LogP contribution in [0, 0.1) is 11.6 Å². The minimum absolute atomic E-state index is 0.0468. The summed E-state index contributed by atoms with van der Waals surface area (Å²) in [7, 11) is 0. The molecule has 2 N–H and O–H groups in total. The molecule has 1 fully saturated rings. The lowest BCUT2D eigenvalue weighted by Crippen LogP contribution is -2.32. The van der Waals surface area contributed by atoms with E-state index in [0.717, 1.165) is 31.9 Å². The molecule has 35 heavy (non-hydrogen) atoms. The number of amides is 1. The quantitative estimate of drug-likeness (QED) is 0.385. The van der Waals surface area contributed by atoms with Crippen LogP contribution in [0.15, 0.2) is 36.4 Å². The van der Waals surface area contributed by atoms with Gasteiger partial charge in [-0.3, -0.25) is 9.48 Å². The van der Waals surface area contributed by atoms with Crippen molar-refractivity contribution in [3.8, 4) is 17.0 Å². The minimum Gasteiger partial charge on any atom is -0.480 e. The van der Waals surface area contributed by atoms with Crippen molar-refractivity contribution in [1.29, 1.82) is 0 Å². The lowest BCUT2D eigenvalue weighted by atomic mass is 10.1. The van der Waals surface area contributed by atoms with Crippen molar-refractivity contribution in [2.24, 2.45) is 0 Å². The van der Waals surface area contributed by atoms with Gasteiger partial charge >= 0.3 is 6.18 Å². The maximum absolute atomic E-state index is 15.1. The van der Waals surface area contributed by atoms with E-state index in [4.69, 9.17) is 16.3 Å². The van der Waals surface area contributed by atoms with E-state index in [1.165, 1.54) is 22.9 Å². The molecule has 0 spiro atoms. The summed E-state index contributed by atoms with van der Waals surface area (Å²) in [5.74, 6) is -3.60. The fraction of sp³-hybridized carbons (Fsp3) is 0.304. The summed E-state index contributed by atoms with van der Waals surface area (Å²) in [6, 6.07) is 6.68. The van der Waals surface area contributed by atoms with Crippen molar-refractivity contribution in [2.45, 2.75) is 44.7 Å². The maximum Gasteiger partial charge on any atom is 0.425 e. The molecule has 6 nitrogen and oxygen atoms in total. The van der Waals surface area contributed by atoms with E-state index in [2.05, 4.69) is 10.4 Å². The van der Waals surface area contributed by atoms with Crippen molar-refractivity contribution in [1.82, 2.24) is 9.78 Å². The summed E-state index contributed by atoms with van der Waals surface area (Å²) >= 11 is 5.90. The summed E-state index contributed by atoms with van der Waals surface area (Å²) in [6.07, 6.45) is -5.48. The topological polar surface area (TPSA) is 76.4 Å². The van der Waals surface area contributed by atoms with Gasteiger partial charge in [-0.1, -0.05) is 17.7 Å². The zero-order valence-electron chi connectivity index (χ0n) is 18.2. The van der Waals surface area contributed by atoms with Crippen molar-refractivity contribution >= 4 is 23.2 Å². The van der Waals surface area contributed by atoms with Crippen LogP contribution < -0.4 is 10.1 Å². The Morgan fingerprint density at radius 2 is 1.97 bits per heavy atom. The Hall–Kier alpha value is -3.18. The number of benzene rings is 2. The molecular weight excluding hydrogens is 497 g/mol. The number of para-hydroxylation sites is 1. The Morgan fingerprint density at radius 1 is 1.26 bits per heavy atom. The zero-order chi connectivity index (χ0) is 25.5. The second-order valence-corrected chi connectivity index (χ2v) is 8.44. The minimum atomic E-state index is -4.78. The number of nitrogens with zero attached hydrogens (tertiary/aromatic N) is 2. The molecule has 1 aliphatic rings. The van der Waals surface area contributed by atoms with Crippen LogP contribution >= 0.6 is 11.6 Å². The highest BCUT2D eigenvalue weighted by Crippen LogP contribution is 2.38. The molecule has 1 heterocycles. The molecule has 0 bridgehead atoms. The first-order valence-corrected chi connectivity index (χ1v) is 10.9. The van der Waals surface area contributed by atoms with Crippen LogP contribution in [0.1, 0.15) is 41.9 Å². The molecule has 1 amide bonds. The number of hydrogen-bond acceptors (Lipinski definition) is 4. The molecule has 2 aromatic carbocycles. The normalized spacial score (nSPS) is 14.6. The maximum atomic E-state index is 15.1. The van der Waals surface area contributed by atoms with Crippen LogP contribution in [-0.2, 0) is 6.61 Å². The van der Waals surface area contributed by atoms with Gasteiger partial charge in [-0.2, -0.15) is 18.3 Å². The molecule has 1 aromatic heterocycles. The van der Waals surface area contributed by atoms with Crippen LogP contribution in [-0.4, -0.2) is 33.1 Å². The molecular formula is C23H19ClF5N3O3. The van der Waals surface area contributed by atoms with Gasteiger partial charge in [-0.15, -0.1) is 0 Å². The van der Waals surface area contributed by atoms with Gasteiger partial charge in [-0.25, -0.2) is 8.78 Å². The van der Waals surface area contributed by atoms with Crippen LogP contribution in [0.5, 0.6) is 5.75 Å². The number of carbonyl (C=O) groups is 1. The molecule has 0 radical (unpaired) electrons.